The highest BCUT2D eigenvalue weighted by atomic mass is 35.5. The molecule has 0 saturated carbocycles. The fourth-order valence-electron chi connectivity index (χ4n) is 5.64. The molecule has 1 atom stereocenters. The highest BCUT2D eigenvalue weighted by molar-refractivity contribution is 6.28. The quantitative estimate of drug-likeness (QED) is 0.109. The molecular weight excluding hydrogens is 789 g/mol. The van der Waals surface area contributed by atoms with Gasteiger partial charge < -0.3 is 11.1 Å². The van der Waals surface area contributed by atoms with Gasteiger partial charge in [-0.3, -0.25) is 9.97 Å². The molecule has 8 nitrogen and oxygen atoms in total. The summed E-state index contributed by atoms with van der Waals surface area (Å²) in [5.41, 5.74) is 9.93. The van der Waals surface area contributed by atoms with E-state index in [4.69, 9.17) is 17.3 Å². The first-order valence-electron chi connectivity index (χ1n) is 17.0. The molecule has 7 aromatic rings. The van der Waals surface area contributed by atoms with E-state index >= 15 is 0 Å². The van der Waals surface area contributed by atoms with E-state index in [2.05, 4.69) is 35.2 Å². The van der Waals surface area contributed by atoms with E-state index in [0.717, 1.165) is 35.4 Å². The molecule has 1 unspecified atom stereocenters. The van der Waals surface area contributed by atoms with Crippen LogP contribution < -0.4 is 11.1 Å². The number of halogens is 8. The minimum atomic E-state index is -4.44. The van der Waals surface area contributed by atoms with Crippen LogP contribution in [0.5, 0.6) is 0 Å². The van der Waals surface area contributed by atoms with Crippen molar-refractivity contribution in [2.24, 2.45) is 5.73 Å². The van der Waals surface area contributed by atoms with Crippen molar-refractivity contribution >= 4 is 30.0 Å². The van der Waals surface area contributed by atoms with Crippen molar-refractivity contribution < 1.29 is 26.3 Å². The van der Waals surface area contributed by atoms with Crippen molar-refractivity contribution in [3.05, 3.63) is 162 Å². The molecule has 292 valence electrons. The second kappa shape index (κ2) is 18.8. The van der Waals surface area contributed by atoms with Gasteiger partial charge in [0, 0.05) is 72.0 Å². The molecule has 0 spiro atoms. The number of rotatable bonds is 9. The highest BCUT2D eigenvalue weighted by Crippen LogP contribution is 2.37. The van der Waals surface area contributed by atoms with Gasteiger partial charge in [-0.15, -0.1) is 12.4 Å². The molecule has 0 aliphatic heterocycles. The minimum absolute atomic E-state index is 0. The molecule has 0 bridgehead atoms. The largest absolute Gasteiger partial charge is 0.416 e. The second-order valence-electron chi connectivity index (χ2n) is 12.2. The zero-order valence-electron chi connectivity index (χ0n) is 29.6. The SMILES string of the molecule is Cl.FC(F)(F)c1cccc(-c2cnc(Cl)nc2-c2ccncc2)c1.NC(CCNc1ncc(-c2cccc(C(F)(F)F)c2)c(-c2ccncc2)n1)c1ccccc1. The van der Waals surface area contributed by atoms with Gasteiger partial charge in [-0.1, -0.05) is 54.6 Å². The van der Waals surface area contributed by atoms with E-state index in [1.165, 1.54) is 24.5 Å². The molecule has 0 aliphatic carbocycles. The molecule has 0 amide bonds. The van der Waals surface area contributed by atoms with Gasteiger partial charge in [0.1, 0.15) is 0 Å². The Labute approximate surface area is 334 Å². The summed E-state index contributed by atoms with van der Waals surface area (Å²) in [4.78, 5) is 24.9. The Bertz CT molecular complexity index is 2370. The maximum absolute atomic E-state index is 13.2. The third kappa shape index (κ3) is 11.1. The molecule has 0 fully saturated rings. The standard InChI is InChI=1S/C25H22F3N5.C16H9ClF3N3.ClH/c26-25(27,28)20-8-4-7-19(15-20)21-16-32-24(33-23(21)18-9-12-30-13-10-18)31-14-11-22(29)17-5-2-1-3-6-17;17-15-22-9-13(14(23-15)10-4-6-21-7-5-10)11-2-1-3-12(8-11)16(18,19)20;/h1-10,12-13,15-16,22H,11,14,29H2,(H,31,32,33);1-9H;1H. The van der Waals surface area contributed by atoms with E-state index in [1.54, 1.807) is 61.2 Å². The molecule has 16 heteroatoms. The number of nitrogens with zero attached hydrogens (tertiary/aromatic N) is 6. The van der Waals surface area contributed by atoms with Crippen LogP contribution in [-0.4, -0.2) is 36.4 Å². The Hall–Kier alpha value is -5.96. The summed E-state index contributed by atoms with van der Waals surface area (Å²) in [5, 5.41) is 3.19. The molecule has 0 radical (unpaired) electrons. The first-order chi connectivity index (χ1) is 26.9. The zero-order valence-corrected chi connectivity index (χ0v) is 31.2. The Balaban J connectivity index is 0.000000227. The molecule has 7 rings (SSSR count). The molecule has 4 heterocycles. The van der Waals surface area contributed by atoms with Gasteiger partial charge >= 0.3 is 12.4 Å². The van der Waals surface area contributed by atoms with Crippen LogP contribution in [0.15, 0.2) is 140 Å². The van der Waals surface area contributed by atoms with Gasteiger partial charge in [0.15, 0.2) is 0 Å². The maximum Gasteiger partial charge on any atom is 0.416 e. The molecule has 57 heavy (non-hydrogen) atoms. The lowest BCUT2D eigenvalue weighted by Gasteiger charge is -2.15. The fraction of sp³-hybridized carbons (Fsp3) is 0.122. The summed E-state index contributed by atoms with van der Waals surface area (Å²) in [5.74, 6) is 0.373. The van der Waals surface area contributed by atoms with Gasteiger partial charge in [0.25, 0.3) is 0 Å². The van der Waals surface area contributed by atoms with Crippen LogP contribution in [0.3, 0.4) is 0 Å². The third-order valence-electron chi connectivity index (χ3n) is 8.42. The van der Waals surface area contributed by atoms with Crippen LogP contribution in [0.25, 0.3) is 44.8 Å². The lowest BCUT2D eigenvalue weighted by molar-refractivity contribution is -0.138. The minimum Gasteiger partial charge on any atom is -0.354 e. The van der Waals surface area contributed by atoms with Crippen molar-refractivity contribution in [3.63, 3.8) is 0 Å². The van der Waals surface area contributed by atoms with E-state index in [-0.39, 0.29) is 23.7 Å². The zero-order chi connectivity index (χ0) is 39.7. The normalized spacial score (nSPS) is 11.8. The number of alkyl halides is 6. The number of nitrogens with two attached hydrogens (primary N) is 1. The van der Waals surface area contributed by atoms with Gasteiger partial charge in [-0.2, -0.15) is 26.3 Å². The summed E-state index contributed by atoms with van der Waals surface area (Å²) in [6.07, 6.45) is 1.12. The van der Waals surface area contributed by atoms with Crippen LogP contribution in [-0.2, 0) is 12.4 Å². The van der Waals surface area contributed by atoms with Gasteiger partial charge in [0.2, 0.25) is 11.2 Å². The van der Waals surface area contributed by atoms with E-state index in [1.807, 2.05) is 30.3 Å². The summed E-state index contributed by atoms with van der Waals surface area (Å²) >= 11 is 5.84. The van der Waals surface area contributed by atoms with Gasteiger partial charge in [0.05, 0.1) is 22.5 Å². The number of hydrogen-bond acceptors (Lipinski definition) is 8. The summed E-state index contributed by atoms with van der Waals surface area (Å²) < 4.78 is 78.4. The lowest BCUT2D eigenvalue weighted by atomic mass is 9.99. The fourth-order valence-corrected chi connectivity index (χ4v) is 5.78. The number of aromatic nitrogens is 6. The highest BCUT2D eigenvalue weighted by Gasteiger charge is 2.31. The maximum atomic E-state index is 13.2. The number of benzene rings is 3. The second-order valence-corrected chi connectivity index (χ2v) is 12.6. The lowest BCUT2D eigenvalue weighted by Crippen LogP contribution is -2.16. The smallest absolute Gasteiger partial charge is 0.354 e. The van der Waals surface area contributed by atoms with E-state index in [0.29, 0.717) is 58.1 Å². The number of nitrogens with one attached hydrogen (secondary N) is 1. The Morgan fingerprint density at radius 2 is 1.09 bits per heavy atom. The Kier molecular flexibility index (Phi) is 13.9. The average Bonchev–Trinajstić information content (AvgIpc) is 3.21. The number of pyridine rings is 2. The number of anilines is 1. The van der Waals surface area contributed by atoms with Crippen LogP contribution >= 0.6 is 24.0 Å². The van der Waals surface area contributed by atoms with E-state index in [9.17, 15) is 26.3 Å². The predicted molar refractivity (Wildman–Crippen MR) is 210 cm³/mol. The Morgan fingerprint density at radius 3 is 1.60 bits per heavy atom. The first-order valence-corrected chi connectivity index (χ1v) is 17.3. The summed E-state index contributed by atoms with van der Waals surface area (Å²) in [6.45, 7) is 0.536. The third-order valence-corrected chi connectivity index (χ3v) is 8.61. The van der Waals surface area contributed by atoms with Crippen LogP contribution in [0.4, 0.5) is 32.3 Å². The molecular formula is C41H32Cl2F6N8. The monoisotopic (exact) mass is 820 g/mol. The summed E-state index contributed by atoms with van der Waals surface area (Å²) in [6, 6.07) is 26.7. The van der Waals surface area contributed by atoms with Crippen molar-refractivity contribution in [1.82, 2.24) is 29.9 Å². The van der Waals surface area contributed by atoms with Crippen molar-refractivity contribution in [2.75, 3.05) is 11.9 Å². The van der Waals surface area contributed by atoms with Crippen LogP contribution in [0.1, 0.15) is 29.2 Å². The van der Waals surface area contributed by atoms with E-state index < -0.39 is 23.5 Å². The Morgan fingerprint density at radius 1 is 0.596 bits per heavy atom. The molecule has 0 aliphatic rings. The summed E-state index contributed by atoms with van der Waals surface area (Å²) in [7, 11) is 0. The van der Waals surface area contributed by atoms with Crippen molar-refractivity contribution in [3.8, 4) is 44.8 Å². The first kappa shape index (κ1) is 42.2. The van der Waals surface area contributed by atoms with Crippen molar-refractivity contribution in [2.45, 2.75) is 24.8 Å². The van der Waals surface area contributed by atoms with Gasteiger partial charge in [-0.05, 0) is 83.2 Å². The van der Waals surface area contributed by atoms with Crippen LogP contribution in [0, 0.1) is 0 Å². The molecule has 3 N–H and O–H groups in total. The van der Waals surface area contributed by atoms with Crippen LogP contribution in [0.2, 0.25) is 5.28 Å². The molecule has 0 saturated heterocycles. The number of hydrogen-bond donors (Lipinski definition) is 2. The predicted octanol–water partition coefficient (Wildman–Crippen LogP) is 11.0. The molecule has 4 aromatic heterocycles. The molecule has 3 aromatic carbocycles. The van der Waals surface area contributed by atoms with Crippen molar-refractivity contribution in [1.29, 1.82) is 0 Å². The topological polar surface area (TPSA) is 115 Å². The van der Waals surface area contributed by atoms with Gasteiger partial charge in [-0.25, -0.2) is 19.9 Å². The average molecular weight is 822 g/mol.